The minimum Gasteiger partial charge on any atom is -0.309 e. The van der Waals surface area contributed by atoms with Gasteiger partial charge in [0.25, 0.3) is 0 Å². The summed E-state index contributed by atoms with van der Waals surface area (Å²) in [5.41, 5.74) is 2.33. The van der Waals surface area contributed by atoms with E-state index in [-0.39, 0.29) is 6.04 Å². The van der Waals surface area contributed by atoms with Crippen LogP contribution < -0.4 is 0 Å². The number of rotatable bonds is 1. The van der Waals surface area contributed by atoms with Crippen LogP contribution in [-0.2, 0) is 0 Å². The lowest BCUT2D eigenvalue weighted by Crippen LogP contribution is -1.86. The molecule has 0 aliphatic heterocycles. The maximum Gasteiger partial charge on any atom is 0.245 e. The van der Waals surface area contributed by atoms with E-state index in [0.717, 1.165) is 5.56 Å². The number of hydrogen-bond donors (Lipinski definition) is 0. The molecule has 0 aliphatic carbocycles. The molecule has 0 bridgehead atoms. The van der Waals surface area contributed by atoms with Crippen LogP contribution in [0.3, 0.4) is 0 Å². The second kappa shape index (κ2) is 3.21. The van der Waals surface area contributed by atoms with Crippen LogP contribution in [0.4, 0.5) is 0 Å². The average Bonchev–Trinajstić information content (AvgIpc) is 2.03. The van der Waals surface area contributed by atoms with Crippen LogP contribution >= 0.6 is 0 Å². The summed E-state index contributed by atoms with van der Waals surface area (Å²) in [6.45, 7) is 10.8. The quantitative estimate of drug-likeness (QED) is 0.535. The zero-order valence-electron chi connectivity index (χ0n) is 6.83. The van der Waals surface area contributed by atoms with Crippen molar-refractivity contribution in [2.24, 2.45) is 0 Å². The van der Waals surface area contributed by atoms with Gasteiger partial charge in [-0.1, -0.05) is 23.8 Å². The highest BCUT2D eigenvalue weighted by molar-refractivity contribution is 5.26. The fourth-order valence-electron chi connectivity index (χ4n) is 1.00. The highest BCUT2D eigenvalue weighted by Crippen LogP contribution is 2.16. The average molecular weight is 145 g/mol. The van der Waals surface area contributed by atoms with Crippen LogP contribution in [0.2, 0.25) is 0 Å². The predicted octanol–water partition coefficient (Wildman–Crippen LogP) is 2.98. The van der Waals surface area contributed by atoms with Gasteiger partial charge >= 0.3 is 0 Å². The van der Waals surface area contributed by atoms with Crippen molar-refractivity contribution in [1.29, 1.82) is 0 Å². The number of nitrogens with zero attached hydrogens (tertiary/aromatic N) is 1. The highest BCUT2D eigenvalue weighted by Gasteiger charge is 2.06. The van der Waals surface area contributed by atoms with Gasteiger partial charge in [0, 0.05) is 12.5 Å². The molecular weight excluding hydrogens is 134 g/mol. The fraction of sp³-hybridized carbons (Fsp3) is 0.300. The monoisotopic (exact) mass is 145 g/mol. The van der Waals surface area contributed by atoms with Crippen molar-refractivity contribution in [2.75, 3.05) is 0 Å². The van der Waals surface area contributed by atoms with E-state index in [1.807, 2.05) is 32.0 Å². The van der Waals surface area contributed by atoms with Gasteiger partial charge in [-0.25, -0.2) is 6.57 Å². The molecule has 0 fully saturated rings. The third-order valence-corrected chi connectivity index (χ3v) is 1.72. The molecule has 0 heterocycles. The minimum atomic E-state index is -0.00472. The summed E-state index contributed by atoms with van der Waals surface area (Å²) < 4.78 is 0. The van der Waals surface area contributed by atoms with E-state index in [0.29, 0.717) is 0 Å². The Balaban J connectivity index is 2.98. The fourth-order valence-corrected chi connectivity index (χ4v) is 1.00. The Bertz CT molecular complexity index is 283. The van der Waals surface area contributed by atoms with Crippen LogP contribution in [0, 0.1) is 13.5 Å². The maximum absolute atomic E-state index is 6.84. The topological polar surface area (TPSA) is 4.36 Å². The standard InChI is InChI=1S/C10H11N/c1-8-5-4-6-10(7-8)9(2)11-3/h4-7,9H,1-2H3. The first-order valence-electron chi connectivity index (χ1n) is 3.67. The number of hydrogen-bond acceptors (Lipinski definition) is 0. The molecule has 0 aliphatic rings. The summed E-state index contributed by atoms with van der Waals surface area (Å²) in [4.78, 5) is 3.45. The summed E-state index contributed by atoms with van der Waals surface area (Å²) in [5, 5.41) is 0. The Kier molecular flexibility index (Phi) is 2.28. The zero-order chi connectivity index (χ0) is 8.27. The van der Waals surface area contributed by atoms with Crippen LogP contribution in [-0.4, -0.2) is 0 Å². The van der Waals surface area contributed by atoms with Crippen LogP contribution in [0.1, 0.15) is 24.1 Å². The first kappa shape index (κ1) is 7.81. The van der Waals surface area contributed by atoms with Crippen molar-refractivity contribution in [3.8, 4) is 0 Å². The Morgan fingerprint density at radius 2 is 2.18 bits per heavy atom. The molecule has 56 valence electrons. The Morgan fingerprint density at radius 3 is 2.73 bits per heavy atom. The van der Waals surface area contributed by atoms with Gasteiger partial charge in [-0.15, -0.1) is 0 Å². The van der Waals surface area contributed by atoms with Gasteiger partial charge < -0.3 is 4.85 Å². The third-order valence-electron chi connectivity index (χ3n) is 1.72. The second-order valence-corrected chi connectivity index (χ2v) is 2.72. The SMILES string of the molecule is [C-]#[N+]C(C)c1cccc(C)c1. The van der Waals surface area contributed by atoms with Crippen molar-refractivity contribution in [1.82, 2.24) is 0 Å². The summed E-state index contributed by atoms with van der Waals surface area (Å²) in [6.07, 6.45) is 0. The van der Waals surface area contributed by atoms with E-state index >= 15 is 0 Å². The minimum absolute atomic E-state index is 0.00472. The molecule has 0 amide bonds. The van der Waals surface area contributed by atoms with E-state index < -0.39 is 0 Å². The lowest BCUT2D eigenvalue weighted by atomic mass is 10.1. The lowest BCUT2D eigenvalue weighted by Gasteiger charge is -1.99. The van der Waals surface area contributed by atoms with E-state index in [1.165, 1.54) is 5.56 Å². The predicted molar refractivity (Wildman–Crippen MR) is 46.2 cm³/mol. The van der Waals surface area contributed by atoms with Crippen LogP contribution in [0.5, 0.6) is 0 Å². The Morgan fingerprint density at radius 1 is 1.45 bits per heavy atom. The van der Waals surface area contributed by atoms with Crippen molar-refractivity contribution in [2.45, 2.75) is 19.9 Å². The van der Waals surface area contributed by atoms with Crippen molar-refractivity contribution in [3.05, 3.63) is 46.8 Å². The first-order valence-corrected chi connectivity index (χ1v) is 3.67. The summed E-state index contributed by atoms with van der Waals surface area (Å²) in [6, 6.07) is 8.08. The largest absolute Gasteiger partial charge is 0.309 e. The number of aryl methyl sites for hydroxylation is 1. The molecule has 0 saturated heterocycles. The molecule has 0 spiro atoms. The van der Waals surface area contributed by atoms with Gasteiger partial charge in [-0.3, -0.25) is 0 Å². The molecule has 0 saturated carbocycles. The second-order valence-electron chi connectivity index (χ2n) is 2.72. The Labute approximate surface area is 67.5 Å². The summed E-state index contributed by atoms with van der Waals surface area (Å²) in [7, 11) is 0. The third kappa shape index (κ3) is 1.81. The lowest BCUT2D eigenvalue weighted by molar-refractivity contribution is 0.958. The van der Waals surface area contributed by atoms with Crippen LogP contribution in [0.25, 0.3) is 4.85 Å². The molecule has 1 atom stereocenters. The molecule has 1 rings (SSSR count). The van der Waals surface area contributed by atoms with Gasteiger partial charge in [0.05, 0.1) is 0 Å². The summed E-state index contributed by atoms with van der Waals surface area (Å²) >= 11 is 0. The maximum atomic E-state index is 6.84. The normalized spacial score (nSPS) is 12.1. The smallest absolute Gasteiger partial charge is 0.245 e. The van der Waals surface area contributed by atoms with Gasteiger partial charge in [0.15, 0.2) is 0 Å². The van der Waals surface area contributed by atoms with E-state index in [2.05, 4.69) is 10.9 Å². The van der Waals surface area contributed by atoms with Gasteiger partial charge in [-0.2, -0.15) is 0 Å². The molecule has 1 aromatic rings. The van der Waals surface area contributed by atoms with Gasteiger partial charge in [0.2, 0.25) is 6.04 Å². The molecule has 1 heteroatoms. The Hall–Kier alpha value is -1.29. The van der Waals surface area contributed by atoms with Gasteiger partial charge in [0.1, 0.15) is 0 Å². The highest BCUT2D eigenvalue weighted by atomic mass is 14.7. The molecule has 0 radical (unpaired) electrons. The molecule has 0 N–H and O–H groups in total. The molecular formula is C10H11N. The van der Waals surface area contributed by atoms with E-state index in [4.69, 9.17) is 6.57 Å². The molecule has 1 unspecified atom stereocenters. The van der Waals surface area contributed by atoms with E-state index in [1.54, 1.807) is 0 Å². The molecule has 0 aromatic heterocycles. The first-order chi connectivity index (χ1) is 5.24. The molecule has 1 aromatic carbocycles. The zero-order valence-corrected chi connectivity index (χ0v) is 6.83. The molecule has 1 nitrogen and oxygen atoms in total. The van der Waals surface area contributed by atoms with Gasteiger partial charge in [-0.05, 0) is 13.0 Å². The van der Waals surface area contributed by atoms with E-state index in [9.17, 15) is 0 Å². The number of benzene rings is 1. The van der Waals surface area contributed by atoms with Crippen molar-refractivity contribution >= 4 is 0 Å². The molecule has 11 heavy (non-hydrogen) atoms. The van der Waals surface area contributed by atoms with Crippen molar-refractivity contribution in [3.63, 3.8) is 0 Å². The van der Waals surface area contributed by atoms with Crippen molar-refractivity contribution < 1.29 is 0 Å². The van der Waals surface area contributed by atoms with Crippen LogP contribution in [0.15, 0.2) is 24.3 Å². The summed E-state index contributed by atoms with van der Waals surface area (Å²) in [5.74, 6) is 0.